The fourth-order valence-corrected chi connectivity index (χ4v) is 4.10. The summed E-state index contributed by atoms with van der Waals surface area (Å²) in [6, 6.07) is 22.3. The van der Waals surface area contributed by atoms with E-state index in [0.29, 0.717) is 12.0 Å². The van der Waals surface area contributed by atoms with E-state index < -0.39 is 0 Å². The van der Waals surface area contributed by atoms with Crippen molar-refractivity contribution in [3.63, 3.8) is 0 Å². The van der Waals surface area contributed by atoms with Crippen LogP contribution < -0.4 is 0 Å². The molecule has 4 nitrogen and oxygen atoms in total. The maximum absolute atomic E-state index is 4.23. The van der Waals surface area contributed by atoms with Crippen LogP contribution in [0.15, 0.2) is 66.9 Å². The molecule has 0 unspecified atom stereocenters. The normalized spacial score (nSPS) is 20.3. The molecule has 2 aromatic carbocycles. The first-order valence-corrected chi connectivity index (χ1v) is 9.57. The van der Waals surface area contributed by atoms with Gasteiger partial charge in [0, 0.05) is 31.2 Å². The Balaban J connectivity index is 1.45. The summed E-state index contributed by atoms with van der Waals surface area (Å²) < 4.78 is 0. The van der Waals surface area contributed by atoms with Gasteiger partial charge in [0.2, 0.25) is 0 Å². The van der Waals surface area contributed by atoms with Gasteiger partial charge in [-0.3, -0.25) is 10.00 Å². The van der Waals surface area contributed by atoms with Gasteiger partial charge in [0.25, 0.3) is 0 Å². The summed E-state index contributed by atoms with van der Waals surface area (Å²) >= 11 is 0. The molecule has 0 atom stereocenters. The number of nitrogens with zero attached hydrogens (tertiary/aromatic N) is 3. The number of hydrogen-bond acceptors (Lipinski definition) is 3. The molecule has 0 spiro atoms. The predicted molar refractivity (Wildman–Crippen MR) is 104 cm³/mol. The molecule has 1 aromatic heterocycles. The Hall–Kier alpha value is -2.46. The van der Waals surface area contributed by atoms with Crippen LogP contribution in [0, 0.1) is 0 Å². The molecule has 1 saturated carbocycles. The van der Waals surface area contributed by atoms with Crippen LogP contribution in [0.3, 0.4) is 0 Å². The zero-order chi connectivity index (χ0) is 17.6. The number of aromatic amines is 1. The van der Waals surface area contributed by atoms with Gasteiger partial charge in [0.15, 0.2) is 0 Å². The maximum Gasteiger partial charge on any atom is 0.0855 e. The Morgan fingerprint density at radius 2 is 1.38 bits per heavy atom. The molecule has 134 valence electrons. The Bertz CT molecular complexity index is 721. The van der Waals surface area contributed by atoms with Crippen LogP contribution in [0.1, 0.15) is 48.4 Å². The number of aromatic nitrogens is 3. The number of H-pyrrole nitrogens is 1. The second kappa shape index (κ2) is 8.28. The molecule has 1 fully saturated rings. The first-order chi connectivity index (χ1) is 12.9. The molecule has 0 radical (unpaired) electrons. The fraction of sp³-hybridized carbons (Fsp3) is 0.364. The highest BCUT2D eigenvalue weighted by atomic mass is 15.3. The van der Waals surface area contributed by atoms with Crippen molar-refractivity contribution in [3.8, 4) is 0 Å². The molecule has 0 aliphatic heterocycles. The molecule has 1 aliphatic carbocycles. The van der Waals surface area contributed by atoms with Crippen molar-refractivity contribution >= 4 is 0 Å². The van der Waals surface area contributed by atoms with E-state index in [0.717, 1.165) is 18.8 Å². The van der Waals surface area contributed by atoms with Crippen molar-refractivity contribution in [1.82, 2.24) is 20.3 Å². The van der Waals surface area contributed by atoms with Crippen molar-refractivity contribution in [1.29, 1.82) is 0 Å². The standard InChI is InChI=1S/C22H26N4/c1-3-7-18(8-4-1)16-26(17-19-9-5-2-6-10-19)21-13-11-20(12-14-21)22-15-23-25-24-22/h1-10,15,20-21H,11-14,16-17H2,(H,23,24,25)/t20-,21-. The van der Waals surface area contributed by atoms with E-state index >= 15 is 0 Å². The van der Waals surface area contributed by atoms with Crippen LogP contribution in [0.25, 0.3) is 0 Å². The largest absolute Gasteiger partial charge is 0.292 e. The number of benzene rings is 2. The summed E-state index contributed by atoms with van der Waals surface area (Å²) in [7, 11) is 0. The van der Waals surface area contributed by atoms with Gasteiger partial charge in [-0.2, -0.15) is 0 Å². The maximum atomic E-state index is 4.23. The van der Waals surface area contributed by atoms with Gasteiger partial charge in [0.1, 0.15) is 0 Å². The van der Waals surface area contributed by atoms with Crippen molar-refractivity contribution in [2.45, 2.75) is 50.7 Å². The van der Waals surface area contributed by atoms with Crippen LogP contribution in [0.4, 0.5) is 0 Å². The minimum atomic E-state index is 0.556. The molecular weight excluding hydrogens is 320 g/mol. The van der Waals surface area contributed by atoms with E-state index in [1.165, 1.54) is 36.8 Å². The van der Waals surface area contributed by atoms with E-state index in [4.69, 9.17) is 0 Å². The zero-order valence-corrected chi connectivity index (χ0v) is 15.1. The Labute approximate surface area is 155 Å². The fourth-order valence-electron chi connectivity index (χ4n) is 4.10. The van der Waals surface area contributed by atoms with Gasteiger partial charge >= 0.3 is 0 Å². The van der Waals surface area contributed by atoms with Gasteiger partial charge in [-0.25, -0.2) is 0 Å². The van der Waals surface area contributed by atoms with Gasteiger partial charge in [-0.15, -0.1) is 5.10 Å². The molecule has 0 saturated heterocycles. The SMILES string of the molecule is c1ccc(CN(Cc2ccccc2)[C@H]2CC[C@H](c3c[nH]nn3)CC2)cc1. The van der Waals surface area contributed by atoms with Crippen LogP contribution >= 0.6 is 0 Å². The zero-order valence-electron chi connectivity index (χ0n) is 15.1. The molecular formula is C22H26N4. The van der Waals surface area contributed by atoms with Crippen molar-refractivity contribution in [2.24, 2.45) is 0 Å². The smallest absolute Gasteiger partial charge is 0.0855 e. The van der Waals surface area contributed by atoms with Gasteiger partial charge < -0.3 is 0 Å². The lowest BCUT2D eigenvalue weighted by Gasteiger charge is -2.36. The summed E-state index contributed by atoms with van der Waals surface area (Å²) in [5, 5.41) is 11.0. The van der Waals surface area contributed by atoms with Crippen LogP contribution in [-0.4, -0.2) is 26.4 Å². The minimum Gasteiger partial charge on any atom is -0.292 e. The lowest BCUT2D eigenvalue weighted by Crippen LogP contribution is -2.37. The molecule has 0 amide bonds. The van der Waals surface area contributed by atoms with Gasteiger partial charge in [-0.1, -0.05) is 65.9 Å². The second-order valence-corrected chi connectivity index (χ2v) is 7.28. The first-order valence-electron chi connectivity index (χ1n) is 9.57. The number of rotatable bonds is 6. The van der Waals surface area contributed by atoms with E-state index in [2.05, 4.69) is 81.0 Å². The highest BCUT2D eigenvalue weighted by Crippen LogP contribution is 2.34. The lowest BCUT2D eigenvalue weighted by atomic mass is 9.83. The van der Waals surface area contributed by atoms with E-state index in [1.807, 2.05) is 6.20 Å². The predicted octanol–water partition coefficient (Wildman–Crippen LogP) is 4.53. The summed E-state index contributed by atoms with van der Waals surface area (Å²) in [5.74, 6) is 0.556. The summed E-state index contributed by atoms with van der Waals surface area (Å²) in [4.78, 5) is 2.66. The Morgan fingerprint density at radius 3 is 1.88 bits per heavy atom. The summed E-state index contributed by atoms with van der Waals surface area (Å²) in [6.45, 7) is 2.02. The van der Waals surface area contributed by atoms with Crippen molar-refractivity contribution in [2.75, 3.05) is 0 Å². The van der Waals surface area contributed by atoms with Gasteiger partial charge in [-0.05, 0) is 36.8 Å². The third-order valence-electron chi connectivity index (χ3n) is 5.52. The average Bonchev–Trinajstić information content (AvgIpc) is 3.24. The highest BCUT2D eigenvalue weighted by molar-refractivity contribution is 5.17. The second-order valence-electron chi connectivity index (χ2n) is 7.28. The average molecular weight is 346 g/mol. The monoisotopic (exact) mass is 346 g/mol. The number of hydrogen-bond donors (Lipinski definition) is 1. The Kier molecular flexibility index (Phi) is 5.41. The lowest BCUT2D eigenvalue weighted by molar-refractivity contribution is 0.133. The van der Waals surface area contributed by atoms with Crippen molar-refractivity contribution < 1.29 is 0 Å². The molecule has 1 heterocycles. The topological polar surface area (TPSA) is 44.8 Å². The summed E-state index contributed by atoms with van der Waals surface area (Å²) in [5.41, 5.74) is 3.91. The van der Waals surface area contributed by atoms with E-state index in [9.17, 15) is 0 Å². The molecule has 1 N–H and O–H groups in total. The molecule has 4 rings (SSSR count). The first kappa shape index (κ1) is 17.0. The van der Waals surface area contributed by atoms with Gasteiger partial charge in [0.05, 0.1) is 5.69 Å². The summed E-state index contributed by atoms with van der Waals surface area (Å²) in [6.07, 6.45) is 6.78. The minimum absolute atomic E-state index is 0.556. The molecule has 1 aliphatic rings. The van der Waals surface area contributed by atoms with Crippen LogP contribution in [0.2, 0.25) is 0 Å². The van der Waals surface area contributed by atoms with E-state index in [1.54, 1.807) is 0 Å². The van der Waals surface area contributed by atoms with Crippen LogP contribution in [-0.2, 0) is 13.1 Å². The molecule has 4 heteroatoms. The highest BCUT2D eigenvalue weighted by Gasteiger charge is 2.28. The quantitative estimate of drug-likeness (QED) is 0.713. The number of nitrogens with one attached hydrogen (secondary N) is 1. The van der Waals surface area contributed by atoms with E-state index in [-0.39, 0.29) is 0 Å². The van der Waals surface area contributed by atoms with Crippen LogP contribution in [0.5, 0.6) is 0 Å². The molecule has 0 bridgehead atoms. The molecule has 26 heavy (non-hydrogen) atoms. The Morgan fingerprint density at radius 1 is 0.808 bits per heavy atom. The molecule has 3 aromatic rings. The third-order valence-corrected chi connectivity index (χ3v) is 5.52. The van der Waals surface area contributed by atoms with Crippen molar-refractivity contribution in [3.05, 3.63) is 83.7 Å². The third kappa shape index (κ3) is 4.20.